The van der Waals surface area contributed by atoms with Gasteiger partial charge in [0.25, 0.3) is 0 Å². The molecule has 0 unspecified atom stereocenters. The second-order valence-corrected chi connectivity index (χ2v) is 5.86. The number of methoxy groups -OCH3 is 2. The van der Waals surface area contributed by atoms with Crippen molar-refractivity contribution in [2.24, 2.45) is 5.92 Å². The Labute approximate surface area is 127 Å². The molecule has 1 heterocycles. The first-order valence-corrected chi connectivity index (χ1v) is 7.46. The summed E-state index contributed by atoms with van der Waals surface area (Å²) >= 11 is 0. The lowest BCUT2D eigenvalue weighted by atomic mass is 9.94. The molecule has 21 heavy (non-hydrogen) atoms. The molecule has 2 rings (SSSR count). The van der Waals surface area contributed by atoms with Crippen molar-refractivity contribution >= 4 is 5.91 Å². The van der Waals surface area contributed by atoms with Crippen LogP contribution in [0.1, 0.15) is 23.1 Å². The average molecular weight is 291 g/mol. The Hall–Kier alpha value is -1.55. The number of ether oxygens (including phenoxy) is 2. The molecule has 1 atom stereocenters. The van der Waals surface area contributed by atoms with Crippen LogP contribution in [-0.4, -0.2) is 44.7 Å². The van der Waals surface area contributed by atoms with E-state index in [2.05, 4.69) is 26.0 Å². The summed E-state index contributed by atoms with van der Waals surface area (Å²) in [6.07, 6.45) is 1.60. The van der Waals surface area contributed by atoms with Crippen molar-refractivity contribution in [1.29, 1.82) is 0 Å². The molecule has 1 fully saturated rings. The zero-order valence-electron chi connectivity index (χ0n) is 13.4. The molecule has 4 heteroatoms. The number of carbonyl (C=O) groups excluding carboxylic acids is 1. The predicted molar refractivity (Wildman–Crippen MR) is 82.7 cm³/mol. The minimum Gasteiger partial charge on any atom is -0.496 e. The molecule has 0 spiro atoms. The van der Waals surface area contributed by atoms with E-state index in [0.29, 0.717) is 25.5 Å². The van der Waals surface area contributed by atoms with E-state index >= 15 is 0 Å². The molecule has 0 radical (unpaired) electrons. The van der Waals surface area contributed by atoms with Gasteiger partial charge >= 0.3 is 0 Å². The zero-order valence-corrected chi connectivity index (χ0v) is 13.4. The zero-order chi connectivity index (χ0) is 15.4. The van der Waals surface area contributed by atoms with E-state index in [9.17, 15) is 4.79 Å². The summed E-state index contributed by atoms with van der Waals surface area (Å²) in [5.74, 6) is 1.58. The van der Waals surface area contributed by atoms with Gasteiger partial charge in [-0.1, -0.05) is 6.07 Å². The molecule has 116 valence electrons. The fraction of sp³-hybridized carbons (Fsp3) is 0.588. The highest BCUT2D eigenvalue weighted by Crippen LogP contribution is 2.27. The van der Waals surface area contributed by atoms with Crippen LogP contribution in [0.3, 0.4) is 0 Å². The number of likely N-dealkylation sites (tertiary alicyclic amines) is 1. The van der Waals surface area contributed by atoms with Crippen LogP contribution in [0.5, 0.6) is 5.75 Å². The molecule has 1 aliphatic heterocycles. The highest BCUT2D eigenvalue weighted by Gasteiger charge is 2.29. The van der Waals surface area contributed by atoms with Gasteiger partial charge in [0.2, 0.25) is 5.91 Å². The predicted octanol–water partition coefficient (Wildman–Crippen LogP) is 2.35. The van der Waals surface area contributed by atoms with E-state index in [4.69, 9.17) is 9.47 Å². The monoisotopic (exact) mass is 291 g/mol. The minimum absolute atomic E-state index is 0.250. The van der Waals surface area contributed by atoms with Gasteiger partial charge in [0.05, 0.1) is 13.7 Å². The quantitative estimate of drug-likeness (QED) is 0.807. The fourth-order valence-electron chi connectivity index (χ4n) is 3.01. The molecule has 0 bridgehead atoms. The maximum absolute atomic E-state index is 12.0. The third kappa shape index (κ3) is 3.76. The second kappa shape index (κ2) is 6.94. The number of amides is 1. The lowest BCUT2D eigenvalue weighted by Crippen LogP contribution is -2.28. The summed E-state index contributed by atoms with van der Waals surface area (Å²) in [7, 11) is 3.37. The van der Waals surface area contributed by atoms with Gasteiger partial charge in [-0.3, -0.25) is 4.79 Å². The summed E-state index contributed by atoms with van der Waals surface area (Å²) in [6.45, 7) is 6.32. The normalized spacial score (nSPS) is 18.4. The van der Waals surface area contributed by atoms with Crippen LogP contribution in [0.2, 0.25) is 0 Å². The lowest BCUT2D eigenvalue weighted by Gasteiger charge is -2.17. The Kier molecular flexibility index (Phi) is 5.23. The van der Waals surface area contributed by atoms with Crippen molar-refractivity contribution in [2.75, 3.05) is 33.9 Å². The van der Waals surface area contributed by atoms with Gasteiger partial charge in [-0.25, -0.2) is 0 Å². The smallest absolute Gasteiger partial charge is 0.223 e. The number of benzene rings is 1. The Morgan fingerprint density at radius 2 is 2.00 bits per heavy atom. The number of hydrogen-bond acceptors (Lipinski definition) is 3. The molecule has 1 aromatic rings. The lowest BCUT2D eigenvalue weighted by molar-refractivity contribution is -0.128. The molecule has 4 nitrogen and oxygen atoms in total. The van der Waals surface area contributed by atoms with Gasteiger partial charge in [0, 0.05) is 26.6 Å². The summed E-state index contributed by atoms with van der Waals surface area (Å²) in [5, 5.41) is 0. The van der Waals surface area contributed by atoms with Crippen LogP contribution in [-0.2, 0) is 16.0 Å². The fourth-order valence-corrected chi connectivity index (χ4v) is 3.01. The Balaban J connectivity index is 2.03. The maximum atomic E-state index is 12.0. The minimum atomic E-state index is 0.250. The highest BCUT2D eigenvalue weighted by atomic mass is 16.5. The van der Waals surface area contributed by atoms with Crippen molar-refractivity contribution in [3.05, 3.63) is 28.8 Å². The van der Waals surface area contributed by atoms with Crippen LogP contribution in [0.25, 0.3) is 0 Å². The third-order valence-corrected chi connectivity index (χ3v) is 4.22. The molecular formula is C17H25NO3. The Bertz CT molecular complexity index is 513. The molecule has 1 aromatic carbocycles. The molecule has 0 aromatic heterocycles. The van der Waals surface area contributed by atoms with Crippen LogP contribution in [0, 0.1) is 19.8 Å². The molecule has 0 aliphatic carbocycles. The standard InChI is InChI=1S/C17H25NO3/c1-12-8-16(21-4)13(2)7-15(12)9-14-10-17(19)18(11-14)5-6-20-3/h7-8,14H,5-6,9-11H2,1-4H3/t14-/m0/s1. The van der Waals surface area contributed by atoms with Gasteiger partial charge in [-0.05, 0) is 48.9 Å². The van der Waals surface area contributed by atoms with Gasteiger partial charge in [-0.2, -0.15) is 0 Å². The van der Waals surface area contributed by atoms with Crippen molar-refractivity contribution in [1.82, 2.24) is 4.90 Å². The van der Waals surface area contributed by atoms with E-state index in [-0.39, 0.29) is 5.91 Å². The summed E-state index contributed by atoms with van der Waals surface area (Å²) in [5.41, 5.74) is 3.71. The number of aryl methyl sites for hydroxylation is 2. The van der Waals surface area contributed by atoms with Crippen LogP contribution >= 0.6 is 0 Å². The van der Waals surface area contributed by atoms with Crippen LogP contribution < -0.4 is 4.74 Å². The number of hydrogen-bond donors (Lipinski definition) is 0. The van der Waals surface area contributed by atoms with E-state index in [1.165, 1.54) is 11.1 Å². The Morgan fingerprint density at radius 1 is 1.24 bits per heavy atom. The average Bonchev–Trinajstić information content (AvgIpc) is 2.80. The summed E-state index contributed by atoms with van der Waals surface area (Å²) in [4.78, 5) is 13.9. The maximum Gasteiger partial charge on any atom is 0.223 e. The third-order valence-electron chi connectivity index (χ3n) is 4.22. The number of nitrogens with zero attached hydrogens (tertiary/aromatic N) is 1. The van der Waals surface area contributed by atoms with Crippen molar-refractivity contribution in [2.45, 2.75) is 26.7 Å². The molecule has 1 amide bonds. The van der Waals surface area contributed by atoms with Gasteiger partial charge in [0.15, 0.2) is 0 Å². The first-order valence-electron chi connectivity index (χ1n) is 7.46. The topological polar surface area (TPSA) is 38.8 Å². The first-order chi connectivity index (χ1) is 10.0. The number of rotatable bonds is 6. The van der Waals surface area contributed by atoms with Gasteiger partial charge in [-0.15, -0.1) is 0 Å². The number of carbonyl (C=O) groups is 1. The molecule has 0 saturated carbocycles. The van der Waals surface area contributed by atoms with E-state index < -0.39 is 0 Å². The van der Waals surface area contributed by atoms with E-state index in [0.717, 1.165) is 24.3 Å². The molecule has 1 aliphatic rings. The molecular weight excluding hydrogens is 266 g/mol. The first kappa shape index (κ1) is 15.8. The largest absolute Gasteiger partial charge is 0.496 e. The molecule has 1 saturated heterocycles. The SMILES string of the molecule is COCCN1C[C@@H](Cc2cc(C)c(OC)cc2C)CC1=O. The summed E-state index contributed by atoms with van der Waals surface area (Å²) < 4.78 is 10.4. The molecule has 0 N–H and O–H groups in total. The highest BCUT2D eigenvalue weighted by molar-refractivity contribution is 5.78. The van der Waals surface area contributed by atoms with Crippen molar-refractivity contribution < 1.29 is 14.3 Å². The van der Waals surface area contributed by atoms with Crippen molar-refractivity contribution in [3.8, 4) is 5.75 Å². The van der Waals surface area contributed by atoms with E-state index in [1.54, 1.807) is 14.2 Å². The summed E-state index contributed by atoms with van der Waals surface area (Å²) in [6, 6.07) is 4.28. The Morgan fingerprint density at radius 3 is 2.67 bits per heavy atom. The van der Waals surface area contributed by atoms with Crippen LogP contribution in [0.15, 0.2) is 12.1 Å². The second-order valence-electron chi connectivity index (χ2n) is 5.86. The van der Waals surface area contributed by atoms with Crippen molar-refractivity contribution in [3.63, 3.8) is 0 Å². The van der Waals surface area contributed by atoms with Gasteiger partial charge in [0.1, 0.15) is 5.75 Å². The van der Waals surface area contributed by atoms with E-state index in [1.807, 2.05) is 4.90 Å². The van der Waals surface area contributed by atoms with Crippen LogP contribution in [0.4, 0.5) is 0 Å². The van der Waals surface area contributed by atoms with Gasteiger partial charge < -0.3 is 14.4 Å².